The SMILES string of the molecule is Cc1cc(Cl)cc(C)c1NC(=O)C1(P2(C)(CC(=O)OCc3ccccc3)CCCCC2)CC1. The van der Waals surface area contributed by atoms with Crippen LogP contribution in [0.5, 0.6) is 0 Å². The standard InChI is InChI=1S/C27H35ClNO3P/c1-20-16-23(28)17-21(2)25(20)29-26(31)27(12-13-27)33(3,14-8-5-9-15-33)19-24(30)32-18-22-10-6-4-7-11-22/h4,6-7,10-11,16-17H,5,8-9,12-15,18-19H2,1-3H3,(H,29,31). The Morgan fingerprint density at radius 3 is 2.21 bits per heavy atom. The van der Waals surface area contributed by atoms with Gasteiger partial charge in [-0.15, -0.1) is 0 Å². The second-order valence-corrected chi connectivity index (χ2v) is 17.7. The van der Waals surface area contributed by atoms with Gasteiger partial charge in [0.15, 0.2) is 0 Å². The molecule has 1 amide bonds. The topological polar surface area (TPSA) is 55.4 Å². The quantitative estimate of drug-likeness (QED) is 0.356. The van der Waals surface area contributed by atoms with E-state index >= 15 is 0 Å². The zero-order chi connectivity index (χ0) is 23.7. The monoisotopic (exact) mass is 487 g/mol. The molecular formula is C27H35ClNO3P. The second kappa shape index (κ2) is 9.04. The van der Waals surface area contributed by atoms with Crippen LogP contribution in [-0.4, -0.2) is 42.2 Å². The van der Waals surface area contributed by atoms with E-state index in [1.54, 1.807) is 0 Å². The zero-order valence-electron chi connectivity index (χ0n) is 20.0. The van der Waals surface area contributed by atoms with Crippen molar-refractivity contribution in [3.63, 3.8) is 0 Å². The van der Waals surface area contributed by atoms with E-state index in [2.05, 4.69) is 12.0 Å². The molecule has 1 aliphatic heterocycles. The van der Waals surface area contributed by atoms with Crippen LogP contribution < -0.4 is 5.32 Å². The Labute approximate surface area is 202 Å². The minimum atomic E-state index is -2.68. The number of hydrogen-bond donors (Lipinski definition) is 1. The molecule has 0 atom stereocenters. The molecule has 2 aliphatic rings. The van der Waals surface area contributed by atoms with Crippen LogP contribution in [0.4, 0.5) is 5.69 Å². The summed E-state index contributed by atoms with van der Waals surface area (Å²) in [5.41, 5.74) is 3.77. The second-order valence-electron chi connectivity index (χ2n) is 10.5. The molecule has 1 heterocycles. The molecule has 1 aliphatic carbocycles. The maximum absolute atomic E-state index is 13.9. The first-order valence-corrected chi connectivity index (χ1v) is 15.6. The third kappa shape index (κ3) is 4.57. The van der Waals surface area contributed by atoms with Gasteiger partial charge in [-0.3, -0.25) is 0 Å². The van der Waals surface area contributed by atoms with Crippen LogP contribution >= 0.6 is 18.2 Å². The van der Waals surface area contributed by atoms with Crippen molar-refractivity contribution in [2.24, 2.45) is 0 Å². The van der Waals surface area contributed by atoms with E-state index in [4.69, 9.17) is 16.3 Å². The molecule has 1 saturated carbocycles. The number of ether oxygens (including phenoxy) is 1. The molecule has 0 unspecified atom stereocenters. The van der Waals surface area contributed by atoms with E-state index in [9.17, 15) is 9.59 Å². The van der Waals surface area contributed by atoms with Crippen molar-refractivity contribution >= 4 is 35.8 Å². The molecule has 0 radical (unpaired) electrons. The molecule has 2 fully saturated rings. The van der Waals surface area contributed by atoms with Crippen molar-refractivity contribution < 1.29 is 14.3 Å². The van der Waals surface area contributed by atoms with Gasteiger partial charge in [-0.25, -0.2) is 0 Å². The van der Waals surface area contributed by atoms with Crippen molar-refractivity contribution in [1.29, 1.82) is 0 Å². The molecule has 2 aromatic rings. The van der Waals surface area contributed by atoms with Crippen molar-refractivity contribution in [3.05, 3.63) is 64.2 Å². The van der Waals surface area contributed by atoms with Crippen LogP contribution in [0.25, 0.3) is 0 Å². The molecular weight excluding hydrogens is 453 g/mol. The Hall–Kier alpha value is -1.90. The van der Waals surface area contributed by atoms with Gasteiger partial charge in [0.2, 0.25) is 0 Å². The van der Waals surface area contributed by atoms with Crippen LogP contribution in [0.1, 0.15) is 48.8 Å². The number of rotatable bonds is 7. The minimum absolute atomic E-state index is 0.0916. The van der Waals surface area contributed by atoms with E-state index < -0.39 is 11.8 Å². The number of esters is 1. The Morgan fingerprint density at radius 1 is 1.03 bits per heavy atom. The Morgan fingerprint density at radius 2 is 1.64 bits per heavy atom. The van der Waals surface area contributed by atoms with Crippen molar-refractivity contribution in [3.8, 4) is 0 Å². The number of hydrogen-bond acceptors (Lipinski definition) is 3. The van der Waals surface area contributed by atoms with Crippen molar-refractivity contribution in [1.82, 2.24) is 0 Å². The molecule has 0 bridgehead atoms. The van der Waals surface area contributed by atoms with E-state index in [0.717, 1.165) is 60.4 Å². The molecule has 4 nitrogen and oxygen atoms in total. The fourth-order valence-electron chi connectivity index (χ4n) is 6.03. The molecule has 0 spiro atoms. The van der Waals surface area contributed by atoms with E-state index in [0.29, 0.717) is 11.2 Å². The Bertz CT molecular complexity index is 1040. The average molecular weight is 488 g/mol. The first-order valence-electron chi connectivity index (χ1n) is 11.9. The van der Waals surface area contributed by atoms with Crippen LogP contribution in [0.15, 0.2) is 42.5 Å². The van der Waals surface area contributed by atoms with Crippen molar-refractivity contribution in [2.45, 2.75) is 57.7 Å². The molecule has 4 rings (SSSR count). The summed E-state index contributed by atoms with van der Waals surface area (Å²) in [7, 11) is 0. The van der Waals surface area contributed by atoms with Crippen LogP contribution in [0, 0.1) is 13.8 Å². The Balaban J connectivity index is 1.57. The van der Waals surface area contributed by atoms with Gasteiger partial charge in [-0.1, -0.05) is 0 Å². The third-order valence-electron chi connectivity index (χ3n) is 8.17. The number of benzene rings is 2. The predicted molar refractivity (Wildman–Crippen MR) is 139 cm³/mol. The summed E-state index contributed by atoms with van der Waals surface area (Å²) < 4.78 is 5.74. The van der Waals surface area contributed by atoms with Gasteiger partial charge in [0.1, 0.15) is 0 Å². The first kappa shape index (κ1) is 24.2. The van der Waals surface area contributed by atoms with Crippen LogP contribution in [0.3, 0.4) is 0 Å². The fraction of sp³-hybridized carbons (Fsp3) is 0.481. The van der Waals surface area contributed by atoms with E-state index in [1.807, 2.05) is 56.3 Å². The predicted octanol–water partition coefficient (Wildman–Crippen LogP) is 6.54. The van der Waals surface area contributed by atoms with Gasteiger partial charge in [-0.05, 0) is 0 Å². The van der Waals surface area contributed by atoms with Gasteiger partial charge >= 0.3 is 202 Å². The summed E-state index contributed by atoms with van der Waals surface area (Å²) in [4.78, 5) is 27.1. The van der Waals surface area contributed by atoms with Gasteiger partial charge in [0, 0.05) is 0 Å². The van der Waals surface area contributed by atoms with E-state index in [-0.39, 0.29) is 18.5 Å². The number of halogens is 1. The van der Waals surface area contributed by atoms with Gasteiger partial charge in [0.25, 0.3) is 0 Å². The first-order chi connectivity index (χ1) is 15.7. The normalized spacial score (nSPS) is 21.3. The summed E-state index contributed by atoms with van der Waals surface area (Å²) in [6.45, 7) is 3.88. The number of amides is 1. The Kier molecular flexibility index (Phi) is 6.64. The van der Waals surface area contributed by atoms with Crippen LogP contribution in [0.2, 0.25) is 5.02 Å². The molecule has 33 heavy (non-hydrogen) atoms. The summed E-state index contributed by atoms with van der Waals surface area (Å²) >= 11 is 6.20. The number of carbonyl (C=O) groups is 2. The molecule has 1 N–H and O–H groups in total. The molecule has 178 valence electrons. The fourth-order valence-corrected chi connectivity index (χ4v) is 13.4. The summed E-state index contributed by atoms with van der Waals surface area (Å²) in [5.74, 6) is -0.0622. The molecule has 6 heteroatoms. The van der Waals surface area contributed by atoms with Gasteiger partial charge < -0.3 is 0 Å². The molecule has 1 saturated heterocycles. The third-order valence-corrected chi connectivity index (χ3v) is 16.1. The van der Waals surface area contributed by atoms with E-state index in [1.165, 1.54) is 6.42 Å². The maximum atomic E-state index is 13.9. The van der Waals surface area contributed by atoms with Gasteiger partial charge in [-0.2, -0.15) is 0 Å². The average Bonchev–Trinajstić information content (AvgIpc) is 3.59. The molecule has 2 aromatic carbocycles. The van der Waals surface area contributed by atoms with Crippen molar-refractivity contribution in [2.75, 3.05) is 30.5 Å². The van der Waals surface area contributed by atoms with Crippen LogP contribution in [-0.2, 0) is 20.9 Å². The van der Waals surface area contributed by atoms with Gasteiger partial charge in [0.05, 0.1) is 0 Å². The summed E-state index contributed by atoms with van der Waals surface area (Å²) in [6.07, 6.45) is 7.50. The number of nitrogens with one attached hydrogen (secondary N) is 1. The number of aryl methyl sites for hydroxylation is 2. The summed E-state index contributed by atoms with van der Waals surface area (Å²) in [5, 5.41) is 3.53. The number of carbonyl (C=O) groups excluding carboxylic acids is 2. The zero-order valence-corrected chi connectivity index (χ0v) is 21.6. The molecule has 0 aromatic heterocycles. The number of anilines is 1. The summed E-state index contributed by atoms with van der Waals surface area (Å²) in [6, 6.07) is 13.6.